The number of fused-ring (bicyclic) bond motifs is 10. The van der Waals surface area contributed by atoms with Crippen LogP contribution in [0.2, 0.25) is 0 Å². The maximum absolute atomic E-state index is 6.83. The van der Waals surface area contributed by atoms with Crippen LogP contribution >= 0.6 is 0 Å². The van der Waals surface area contributed by atoms with Crippen LogP contribution in [0.3, 0.4) is 0 Å². The molecule has 0 aliphatic heterocycles. The average molecular weight is 1080 g/mol. The van der Waals surface area contributed by atoms with E-state index in [0.717, 1.165) is 50.4 Å². The molecule has 10 aromatic carbocycles. The highest BCUT2D eigenvalue weighted by molar-refractivity contribution is 6.08. The number of benzene rings is 10. The van der Waals surface area contributed by atoms with Crippen molar-refractivity contribution in [2.45, 2.75) is 129 Å². The summed E-state index contributed by atoms with van der Waals surface area (Å²) in [5.41, 5.74) is 25.0. The summed E-state index contributed by atoms with van der Waals surface area (Å²) in [7, 11) is 0. The van der Waals surface area contributed by atoms with Crippen molar-refractivity contribution >= 4 is 56.1 Å². The molecule has 0 radical (unpaired) electrons. The first-order valence-corrected chi connectivity index (χ1v) is 29.9. The van der Waals surface area contributed by atoms with Gasteiger partial charge in [-0.3, -0.25) is 0 Å². The number of hydrogen-bond donors (Lipinski definition) is 0. The quantitative estimate of drug-likeness (QED) is 0.151. The summed E-state index contributed by atoms with van der Waals surface area (Å²) >= 11 is 0. The Hall–Kier alpha value is -8.40. The molecule has 0 N–H and O–H groups in total. The van der Waals surface area contributed by atoms with Gasteiger partial charge in [0.2, 0.25) is 0 Å². The van der Waals surface area contributed by atoms with Gasteiger partial charge in [-0.05, 0) is 191 Å². The van der Waals surface area contributed by atoms with E-state index in [0.29, 0.717) is 0 Å². The van der Waals surface area contributed by atoms with Crippen LogP contribution in [0.15, 0.2) is 223 Å². The Bertz CT molecular complexity index is 4280. The molecule has 3 heteroatoms. The van der Waals surface area contributed by atoms with Crippen LogP contribution in [-0.2, 0) is 32.5 Å². The lowest BCUT2D eigenvalue weighted by molar-refractivity contribution is 0.589. The zero-order valence-corrected chi connectivity index (χ0v) is 51.1. The molecule has 0 saturated heterocycles. The van der Waals surface area contributed by atoms with Gasteiger partial charge in [-0.25, -0.2) is 0 Å². The third-order valence-corrected chi connectivity index (χ3v) is 18.3. The Labute approximate surface area is 493 Å². The van der Waals surface area contributed by atoms with Crippen molar-refractivity contribution in [1.82, 2.24) is 0 Å². The lowest BCUT2D eigenvalue weighted by Gasteiger charge is -2.38. The Morgan fingerprint density at radius 2 is 0.759 bits per heavy atom. The lowest BCUT2D eigenvalue weighted by atomic mass is 9.66. The van der Waals surface area contributed by atoms with Gasteiger partial charge in [-0.1, -0.05) is 224 Å². The van der Waals surface area contributed by atoms with Crippen LogP contribution in [0.4, 0.5) is 34.1 Å². The van der Waals surface area contributed by atoms with E-state index in [-0.39, 0.29) is 27.1 Å². The van der Waals surface area contributed by atoms with Gasteiger partial charge in [-0.15, -0.1) is 0 Å². The normalized spacial score (nSPS) is 15.5. The van der Waals surface area contributed by atoms with E-state index in [4.69, 9.17) is 4.42 Å². The van der Waals surface area contributed by atoms with Crippen molar-refractivity contribution < 1.29 is 4.42 Å². The second kappa shape index (κ2) is 19.1. The van der Waals surface area contributed by atoms with Crippen LogP contribution in [0, 0.1) is 0 Å². The van der Waals surface area contributed by atoms with E-state index < -0.39 is 5.41 Å². The van der Waals surface area contributed by atoms with E-state index in [1.54, 1.807) is 0 Å². The molecular formula is C80H78N2O. The Morgan fingerprint density at radius 3 is 1.33 bits per heavy atom. The van der Waals surface area contributed by atoms with Crippen LogP contribution in [0.25, 0.3) is 44.2 Å². The Kier molecular flexibility index (Phi) is 12.4. The smallest absolute Gasteiger partial charge is 0.135 e. The van der Waals surface area contributed by atoms with Gasteiger partial charge in [0, 0.05) is 44.6 Å². The molecular weight excluding hydrogens is 1000 g/mol. The molecule has 0 amide bonds. The molecule has 1 unspecified atom stereocenters. The number of furan rings is 1. The fraction of sp³-hybridized carbons (Fsp3) is 0.250. The van der Waals surface area contributed by atoms with Gasteiger partial charge < -0.3 is 14.2 Å². The van der Waals surface area contributed by atoms with Gasteiger partial charge in [0.25, 0.3) is 0 Å². The molecule has 0 spiro atoms. The number of rotatable bonds is 8. The molecule has 2 aliphatic rings. The van der Waals surface area contributed by atoms with Crippen molar-refractivity contribution in [2.75, 3.05) is 9.80 Å². The van der Waals surface area contributed by atoms with Crippen molar-refractivity contribution in [2.24, 2.45) is 0 Å². The number of para-hydroxylation sites is 2. The number of hydrogen-bond acceptors (Lipinski definition) is 3. The van der Waals surface area contributed by atoms with Crippen LogP contribution < -0.4 is 9.80 Å². The van der Waals surface area contributed by atoms with E-state index in [1.165, 1.54) is 83.6 Å². The van der Waals surface area contributed by atoms with E-state index >= 15 is 0 Å². The fourth-order valence-corrected chi connectivity index (χ4v) is 13.8. The predicted octanol–water partition coefficient (Wildman–Crippen LogP) is 22.4. The SMILES string of the molecule is CC(C)(C)c1ccc(N(c2ccccc2)c2ccc3c(c2)C(c2ccc(C(C)(C)C)cc2)(c2ccc4oc5ccc(C(C)(C)C)cc5c4c2)c2cc(N(c4ccccc4)c4ccc(C(C)(C)C)cc4)c4c(c2-3)-c2ccccc2C4(C)C)cc1. The second-order valence-electron chi connectivity index (χ2n) is 28.3. The van der Waals surface area contributed by atoms with Gasteiger partial charge in [0.15, 0.2) is 0 Å². The molecule has 1 aromatic heterocycles. The highest BCUT2D eigenvalue weighted by Crippen LogP contribution is 2.66. The number of nitrogens with zero attached hydrogens (tertiary/aromatic N) is 2. The minimum absolute atomic E-state index is 0.00554. The summed E-state index contributed by atoms with van der Waals surface area (Å²) in [5.74, 6) is 0. The van der Waals surface area contributed by atoms with Crippen molar-refractivity contribution in [3.63, 3.8) is 0 Å². The first-order valence-electron chi connectivity index (χ1n) is 29.9. The summed E-state index contributed by atoms with van der Waals surface area (Å²) in [5, 5.41) is 2.25. The molecule has 13 rings (SSSR count). The summed E-state index contributed by atoms with van der Waals surface area (Å²) < 4.78 is 6.83. The van der Waals surface area contributed by atoms with E-state index in [1.807, 2.05) is 0 Å². The molecule has 3 nitrogen and oxygen atoms in total. The molecule has 0 saturated carbocycles. The minimum atomic E-state index is -0.862. The standard InChI is InChI=1S/C80H78N2O/c1-75(2,3)51-29-31-54(32-30-51)80(56-38-46-71-65(48-56)64-47-55(78(10,11)12)37-45-70(64)83-71)67-49-61(81(57-23-17-15-18-24-57)59-39-33-52(34-40-59)76(4,5)6)43-44-63(67)72-68(80)50-69(74-73(72)62-27-21-22-28-66(62)79(74,13)14)82(58-25-19-16-20-26-58)60-41-35-53(36-42-60)77(7,8)9/h15-50H,1-14H3. The van der Waals surface area contributed by atoms with Gasteiger partial charge in [0.1, 0.15) is 11.2 Å². The maximum atomic E-state index is 6.83. The average Bonchev–Trinajstić information content (AvgIpc) is 2.22. The van der Waals surface area contributed by atoms with Crippen LogP contribution in [0.5, 0.6) is 0 Å². The fourth-order valence-electron chi connectivity index (χ4n) is 13.8. The first-order chi connectivity index (χ1) is 39.4. The molecule has 414 valence electrons. The van der Waals surface area contributed by atoms with E-state index in [2.05, 4.69) is 325 Å². The summed E-state index contributed by atoms with van der Waals surface area (Å²) in [6.45, 7) is 32.5. The second-order valence-corrected chi connectivity index (χ2v) is 28.3. The van der Waals surface area contributed by atoms with Crippen molar-refractivity contribution in [3.05, 3.63) is 274 Å². The zero-order valence-electron chi connectivity index (χ0n) is 51.1. The third kappa shape index (κ3) is 8.75. The lowest BCUT2D eigenvalue weighted by Crippen LogP contribution is -2.30. The minimum Gasteiger partial charge on any atom is -0.456 e. The molecule has 2 aliphatic carbocycles. The van der Waals surface area contributed by atoms with Gasteiger partial charge in [-0.2, -0.15) is 0 Å². The molecule has 0 bridgehead atoms. The summed E-state index contributed by atoms with van der Waals surface area (Å²) in [4.78, 5) is 5.01. The highest BCUT2D eigenvalue weighted by Gasteiger charge is 2.52. The van der Waals surface area contributed by atoms with Crippen molar-refractivity contribution in [1.29, 1.82) is 0 Å². The Morgan fingerprint density at radius 1 is 0.325 bits per heavy atom. The topological polar surface area (TPSA) is 19.6 Å². The molecule has 1 atom stereocenters. The predicted molar refractivity (Wildman–Crippen MR) is 353 cm³/mol. The first kappa shape index (κ1) is 53.9. The summed E-state index contributed by atoms with van der Waals surface area (Å²) in [6, 6.07) is 83.4. The van der Waals surface area contributed by atoms with Crippen LogP contribution in [0.1, 0.15) is 153 Å². The Balaban J connectivity index is 1.21. The largest absolute Gasteiger partial charge is 0.456 e. The van der Waals surface area contributed by atoms with Crippen LogP contribution in [-0.4, -0.2) is 0 Å². The maximum Gasteiger partial charge on any atom is 0.135 e. The highest BCUT2D eigenvalue weighted by atomic mass is 16.3. The van der Waals surface area contributed by atoms with E-state index in [9.17, 15) is 0 Å². The molecule has 11 aromatic rings. The molecule has 0 fully saturated rings. The zero-order chi connectivity index (χ0) is 58.2. The monoisotopic (exact) mass is 1080 g/mol. The van der Waals surface area contributed by atoms with Gasteiger partial charge in [0.05, 0.1) is 11.1 Å². The number of anilines is 6. The molecule has 1 heterocycles. The van der Waals surface area contributed by atoms with Crippen molar-refractivity contribution in [3.8, 4) is 22.3 Å². The molecule has 83 heavy (non-hydrogen) atoms. The third-order valence-electron chi connectivity index (χ3n) is 18.3. The summed E-state index contributed by atoms with van der Waals surface area (Å²) in [6.07, 6.45) is 0. The van der Waals surface area contributed by atoms with Gasteiger partial charge >= 0.3 is 0 Å².